The fourth-order valence-corrected chi connectivity index (χ4v) is 2.09. The molecule has 0 saturated heterocycles. The number of carboxylic acids is 1. The van der Waals surface area contributed by atoms with Crippen LogP contribution < -0.4 is 0 Å². The highest BCUT2D eigenvalue weighted by Gasteiger charge is 2.15. The molecule has 0 aliphatic heterocycles. The highest BCUT2D eigenvalue weighted by atomic mass is 32.1. The van der Waals surface area contributed by atoms with E-state index in [0.717, 1.165) is 10.6 Å². The highest BCUT2D eigenvalue weighted by molar-refractivity contribution is 7.13. The number of aryl methyl sites for hydroxylation is 2. The van der Waals surface area contributed by atoms with Crippen LogP contribution in [0, 0.1) is 6.92 Å². The molecule has 2 aromatic heterocycles. The van der Waals surface area contributed by atoms with Gasteiger partial charge in [0, 0.05) is 7.05 Å². The molecular weight excluding hydrogens is 214 g/mol. The van der Waals surface area contributed by atoms with Crippen LogP contribution in [0.2, 0.25) is 0 Å². The van der Waals surface area contributed by atoms with Crippen molar-refractivity contribution in [1.82, 2.24) is 14.8 Å². The van der Waals surface area contributed by atoms with Crippen molar-refractivity contribution in [3.05, 3.63) is 23.0 Å². The number of thiazole rings is 1. The molecule has 0 amide bonds. The summed E-state index contributed by atoms with van der Waals surface area (Å²) in [6.07, 6.45) is 0. The lowest BCUT2D eigenvalue weighted by Gasteiger charge is -1.91. The summed E-state index contributed by atoms with van der Waals surface area (Å²) >= 11 is 1.46. The van der Waals surface area contributed by atoms with Gasteiger partial charge >= 0.3 is 5.97 Å². The van der Waals surface area contributed by atoms with Gasteiger partial charge in [0.2, 0.25) is 0 Å². The predicted molar refractivity (Wildman–Crippen MR) is 56.0 cm³/mol. The summed E-state index contributed by atoms with van der Waals surface area (Å²) in [5, 5.41) is 13.0. The maximum atomic E-state index is 10.8. The minimum atomic E-state index is -0.974. The van der Waals surface area contributed by atoms with E-state index in [2.05, 4.69) is 10.1 Å². The molecule has 15 heavy (non-hydrogen) atoms. The van der Waals surface area contributed by atoms with Crippen LogP contribution in [0.1, 0.15) is 16.2 Å². The van der Waals surface area contributed by atoms with Crippen molar-refractivity contribution in [1.29, 1.82) is 0 Å². The average molecular weight is 223 g/mol. The highest BCUT2D eigenvalue weighted by Crippen LogP contribution is 2.26. The maximum Gasteiger partial charge on any atom is 0.354 e. The number of nitrogens with zero attached hydrogens (tertiary/aromatic N) is 3. The van der Waals surface area contributed by atoms with E-state index in [0.29, 0.717) is 5.69 Å². The third-order valence-corrected chi connectivity index (χ3v) is 3.03. The first-order valence-corrected chi connectivity index (χ1v) is 5.15. The maximum absolute atomic E-state index is 10.8. The van der Waals surface area contributed by atoms with Crippen molar-refractivity contribution in [2.45, 2.75) is 6.92 Å². The second kappa shape index (κ2) is 3.47. The first-order valence-electron chi connectivity index (χ1n) is 4.27. The molecule has 0 unspecified atom stereocenters. The molecule has 0 fully saturated rings. The van der Waals surface area contributed by atoms with Crippen molar-refractivity contribution < 1.29 is 9.90 Å². The zero-order chi connectivity index (χ0) is 11.0. The van der Waals surface area contributed by atoms with Crippen molar-refractivity contribution in [3.8, 4) is 10.6 Å². The lowest BCUT2D eigenvalue weighted by atomic mass is 10.3. The van der Waals surface area contributed by atoms with Gasteiger partial charge in [-0.2, -0.15) is 5.10 Å². The lowest BCUT2D eigenvalue weighted by molar-refractivity contribution is 0.0685. The smallest absolute Gasteiger partial charge is 0.354 e. The Hall–Kier alpha value is -1.69. The molecule has 0 bridgehead atoms. The van der Waals surface area contributed by atoms with Gasteiger partial charge in [-0.25, -0.2) is 9.78 Å². The molecule has 0 saturated carbocycles. The van der Waals surface area contributed by atoms with Crippen LogP contribution in [-0.4, -0.2) is 25.8 Å². The summed E-state index contributed by atoms with van der Waals surface area (Å²) in [7, 11) is 1.61. The second-order valence-electron chi connectivity index (χ2n) is 3.11. The number of hydrogen-bond donors (Lipinski definition) is 1. The van der Waals surface area contributed by atoms with Crippen LogP contribution in [0.5, 0.6) is 0 Å². The molecule has 0 radical (unpaired) electrons. The minimum Gasteiger partial charge on any atom is -0.477 e. The number of carboxylic acid groups (broad SMARTS) is 1. The van der Waals surface area contributed by atoms with Gasteiger partial charge in [-0.05, 0) is 13.0 Å². The summed E-state index contributed by atoms with van der Waals surface area (Å²) in [5.41, 5.74) is 3.43. The van der Waals surface area contributed by atoms with E-state index in [-0.39, 0.29) is 5.69 Å². The molecule has 5 nitrogen and oxygen atoms in total. The minimum absolute atomic E-state index is 0.179. The van der Waals surface area contributed by atoms with Crippen molar-refractivity contribution in [2.24, 2.45) is 7.05 Å². The van der Waals surface area contributed by atoms with E-state index >= 15 is 0 Å². The van der Waals surface area contributed by atoms with Gasteiger partial charge in [-0.1, -0.05) is 0 Å². The average Bonchev–Trinajstić information content (AvgIpc) is 2.71. The molecule has 2 aromatic rings. The molecule has 0 aromatic carbocycles. The van der Waals surface area contributed by atoms with E-state index in [1.54, 1.807) is 18.6 Å². The quantitative estimate of drug-likeness (QED) is 0.838. The molecule has 0 aliphatic carbocycles. The number of rotatable bonds is 2. The van der Waals surface area contributed by atoms with Crippen LogP contribution in [0.25, 0.3) is 10.6 Å². The second-order valence-corrected chi connectivity index (χ2v) is 3.97. The molecule has 2 rings (SSSR count). The molecule has 1 N–H and O–H groups in total. The molecule has 2 heterocycles. The SMILES string of the molecule is Cc1ncsc1-c1cc(C(=O)O)n(C)n1. The largest absolute Gasteiger partial charge is 0.477 e. The summed E-state index contributed by atoms with van der Waals surface area (Å²) in [6, 6.07) is 1.56. The molecule has 0 atom stereocenters. The van der Waals surface area contributed by atoms with Crippen molar-refractivity contribution in [3.63, 3.8) is 0 Å². The van der Waals surface area contributed by atoms with E-state index in [1.165, 1.54) is 16.0 Å². The fourth-order valence-electron chi connectivity index (χ4n) is 1.33. The Morgan fingerprint density at radius 1 is 1.60 bits per heavy atom. The van der Waals surface area contributed by atoms with Gasteiger partial charge in [0.1, 0.15) is 11.4 Å². The number of aromatic carboxylic acids is 1. The van der Waals surface area contributed by atoms with Crippen LogP contribution in [0.3, 0.4) is 0 Å². The first kappa shape index (κ1) is 9.85. The van der Waals surface area contributed by atoms with Crippen LogP contribution in [0.4, 0.5) is 0 Å². The van der Waals surface area contributed by atoms with Gasteiger partial charge < -0.3 is 5.11 Å². The van der Waals surface area contributed by atoms with Crippen molar-refractivity contribution in [2.75, 3.05) is 0 Å². The summed E-state index contributed by atoms with van der Waals surface area (Å²) in [4.78, 5) is 15.8. The first-order chi connectivity index (χ1) is 7.09. The number of aromatic nitrogens is 3. The summed E-state index contributed by atoms with van der Waals surface area (Å²) in [6.45, 7) is 1.88. The van der Waals surface area contributed by atoms with E-state index in [4.69, 9.17) is 5.11 Å². The molecule has 0 aliphatic rings. The zero-order valence-electron chi connectivity index (χ0n) is 8.26. The Bertz CT molecular complexity index is 515. The Kier molecular flexibility index (Phi) is 2.28. The topological polar surface area (TPSA) is 68.0 Å². The monoisotopic (exact) mass is 223 g/mol. The van der Waals surface area contributed by atoms with Crippen LogP contribution in [0.15, 0.2) is 11.6 Å². The van der Waals surface area contributed by atoms with Crippen LogP contribution in [-0.2, 0) is 7.05 Å². The Balaban J connectivity index is 2.52. The predicted octanol–water partition coefficient (Wildman–Crippen LogP) is 1.55. The van der Waals surface area contributed by atoms with E-state index in [1.807, 2.05) is 6.92 Å². The third-order valence-electron chi connectivity index (χ3n) is 2.08. The van der Waals surface area contributed by atoms with Crippen molar-refractivity contribution >= 4 is 17.3 Å². The Morgan fingerprint density at radius 2 is 2.33 bits per heavy atom. The Morgan fingerprint density at radius 3 is 2.80 bits per heavy atom. The Labute approximate surface area is 90.0 Å². The standard InChI is InChI=1S/C9H9N3O2S/c1-5-8(15-4-10-5)6-3-7(9(13)14)12(2)11-6/h3-4H,1-2H3,(H,13,14). The molecular formula is C9H9N3O2S. The van der Waals surface area contributed by atoms with Crippen LogP contribution >= 0.6 is 11.3 Å². The fraction of sp³-hybridized carbons (Fsp3) is 0.222. The number of carbonyl (C=O) groups is 1. The van der Waals surface area contributed by atoms with Gasteiger partial charge in [0.15, 0.2) is 0 Å². The van der Waals surface area contributed by atoms with E-state index in [9.17, 15) is 4.79 Å². The summed E-state index contributed by atoms with van der Waals surface area (Å²) < 4.78 is 1.36. The van der Waals surface area contributed by atoms with E-state index < -0.39 is 5.97 Å². The molecule has 6 heteroatoms. The normalized spacial score (nSPS) is 10.5. The number of hydrogen-bond acceptors (Lipinski definition) is 4. The van der Waals surface area contributed by atoms with Gasteiger partial charge in [-0.3, -0.25) is 4.68 Å². The van der Waals surface area contributed by atoms with Gasteiger partial charge in [0.25, 0.3) is 0 Å². The van der Waals surface area contributed by atoms with Gasteiger partial charge in [-0.15, -0.1) is 11.3 Å². The zero-order valence-corrected chi connectivity index (χ0v) is 9.08. The molecule has 78 valence electrons. The lowest BCUT2D eigenvalue weighted by Crippen LogP contribution is -2.04. The third kappa shape index (κ3) is 1.63. The summed E-state index contributed by atoms with van der Waals surface area (Å²) in [5.74, 6) is -0.974. The molecule has 0 spiro atoms. The van der Waals surface area contributed by atoms with Gasteiger partial charge in [0.05, 0.1) is 16.1 Å².